The van der Waals surface area contributed by atoms with Crippen molar-refractivity contribution in [2.24, 2.45) is 4.99 Å². The molecule has 6 heteroatoms. The third-order valence-corrected chi connectivity index (χ3v) is 3.39. The molecule has 6 nitrogen and oxygen atoms in total. The number of allylic oxidation sites excluding steroid dienone is 2. The number of nitrogens with one attached hydrogen (secondary N) is 1. The van der Waals surface area contributed by atoms with Crippen molar-refractivity contribution in [2.45, 2.75) is 25.9 Å². The topological polar surface area (TPSA) is 77.0 Å². The van der Waals surface area contributed by atoms with Crippen LogP contribution in [-0.2, 0) is 20.9 Å². The average Bonchev–Trinajstić information content (AvgIpc) is 2.60. The first-order valence-corrected chi connectivity index (χ1v) is 7.46. The monoisotopic (exact) mass is 316 g/mol. The molecule has 1 amide bonds. The molecule has 0 bridgehead atoms. The zero-order chi connectivity index (χ0) is 16.5. The minimum atomic E-state index is -0.648. The number of alkyl carbamates (subject to hydrolysis) is 1. The standard InChI is InChI=1S/C17H20N2O4/c1-18-14-7-9-15(10-8-14)23-17(21)19-11-16(20)22-12-13-5-3-2-4-6-13/h2-6,9H,7-8,10-12H2,1H3,(H,19,21). The lowest BCUT2D eigenvalue weighted by molar-refractivity contribution is -0.143. The van der Waals surface area contributed by atoms with Gasteiger partial charge in [-0.25, -0.2) is 4.79 Å². The van der Waals surface area contributed by atoms with Crippen molar-refractivity contribution >= 4 is 17.8 Å². The zero-order valence-corrected chi connectivity index (χ0v) is 13.1. The van der Waals surface area contributed by atoms with Crippen molar-refractivity contribution in [3.63, 3.8) is 0 Å². The van der Waals surface area contributed by atoms with E-state index in [1.807, 2.05) is 36.4 Å². The van der Waals surface area contributed by atoms with Crippen molar-refractivity contribution in [1.82, 2.24) is 5.32 Å². The molecule has 0 aromatic heterocycles. The fraction of sp³-hybridized carbons (Fsp3) is 0.353. The number of nitrogens with zero attached hydrogens (tertiary/aromatic N) is 1. The van der Waals surface area contributed by atoms with Gasteiger partial charge in [0.25, 0.3) is 0 Å². The molecule has 23 heavy (non-hydrogen) atoms. The molecule has 0 fully saturated rings. The van der Waals surface area contributed by atoms with Gasteiger partial charge in [0.2, 0.25) is 0 Å². The highest BCUT2D eigenvalue weighted by Gasteiger charge is 2.14. The molecule has 0 radical (unpaired) electrons. The molecule has 1 aromatic rings. The van der Waals surface area contributed by atoms with Gasteiger partial charge >= 0.3 is 12.1 Å². The van der Waals surface area contributed by atoms with Crippen molar-refractivity contribution < 1.29 is 19.1 Å². The number of carbonyl (C=O) groups is 2. The summed E-state index contributed by atoms with van der Waals surface area (Å²) < 4.78 is 10.2. The SMILES string of the molecule is CN=C1CC=C(OC(=O)NCC(=O)OCc2ccccc2)CC1. The van der Waals surface area contributed by atoms with Crippen LogP contribution in [-0.4, -0.2) is 31.4 Å². The smallest absolute Gasteiger partial charge is 0.412 e. The summed E-state index contributed by atoms with van der Waals surface area (Å²) in [5, 5.41) is 2.38. The fourth-order valence-corrected chi connectivity index (χ4v) is 2.09. The largest absolute Gasteiger partial charge is 0.460 e. The molecule has 0 atom stereocenters. The normalized spacial score (nSPS) is 15.7. The Morgan fingerprint density at radius 1 is 1.22 bits per heavy atom. The molecule has 122 valence electrons. The van der Waals surface area contributed by atoms with Crippen LogP contribution in [0.1, 0.15) is 24.8 Å². The summed E-state index contributed by atoms with van der Waals surface area (Å²) in [6.07, 6.45) is 3.30. The van der Waals surface area contributed by atoms with Gasteiger partial charge in [-0.05, 0) is 18.1 Å². The van der Waals surface area contributed by atoms with Crippen molar-refractivity contribution in [2.75, 3.05) is 13.6 Å². The first kappa shape index (κ1) is 16.7. The number of hydrogen-bond donors (Lipinski definition) is 1. The van der Waals surface area contributed by atoms with Crippen LogP contribution in [0.15, 0.2) is 47.2 Å². The Labute approximate surface area is 135 Å². The van der Waals surface area contributed by atoms with Crippen molar-refractivity contribution in [3.05, 3.63) is 47.7 Å². The summed E-state index contributed by atoms with van der Waals surface area (Å²) in [7, 11) is 1.75. The summed E-state index contributed by atoms with van der Waals surface area (Å²) in [4.78, 5) is 27.3. The second-order valence-corrected chi connectivity index (χ2v) is 5.05. The van der Waals surface area contributed by atoms with Gasteiger partial charge in [-0.15, -0.1) is 0 Å². The van der Waals surface area contributed by atoms with E-state index in [9.17, 15) is 9.59 Å². The lowest BCUT2D eigenvalue weighted by Gasteiger charge is -2.14. The van der Waals surface area contributed by atoms with Gasteiger partial charge in [-0.1, -0.05) is 30.3 Å². The number of amides is 1. The first-order valence-electron chi connectivity index (χ1n) is 7.46. The Hall–Kier alpha value is -2.63. The molecule has 0 aliphatic heterocycles. The Kier molecular flexibility index (Phi) is 6.35. The van der Waals surface area contributed by atoms with Crippen LogP contribution in [0.3, 0.4) is 0 Å². The van der Waals surface area contributed by atoms with Gasteiger partial charge in [-0.3, -0.25) is 9.79 Å². The number of aliphatic imine (C=N–C) groups is 1. The van der Waals surface area contributed by atoms with Crippen LogP contribution in [0.2, 0.25) is 0 Å². The van der Waals surface area contributed by atoms with Crippen LogP contribution in [0.4, 0.5) is 4.79 Å². The molecule has 1 aromatic carbocycles. The highest BCUT2D eigenvalue weighted by Crippen LogP contribution is 2.16. The predicted molar refractivity (Wildman–Crippen MR) is 86.0 cm³/mol. The summed E-state index contributed by atoms with van der Waals surface area (Å²) in [6, 6.07) is 9.34. The number of rotatable bonds is 5. The Balaban J connectivity index is 1.66. The third-order valence-electron chi connectivity index (χ3n) is 3.39. The van der Waals surface area contributed by atoms with Gasteiger partial charge in [0, 0.05) is 25.6 Å². The highest BCUT2D eigenvalue weighted by atomic mass is 16.6. The maximum absolute atomic E-state index is 11.6. The molecule has 1 aliphatic rings. The Morgan fingerprint density at radius 3 is 2.65 bits per heavy atom. The summed E-state index contributed by atoms with van der Waals surface area (Å²) in [6.45, 7) is -0.0404. The van der Waals surface area contributed by atoms with E-state index in [4.69, 9.17) is 9.47 Å². The molecule has 2 rings (SSSR count). The van der Waals surface area contributed by atoms with Crippen LogP contribution in [0.25, 0.3) is 0 Å². The highest BCUT2D eigenvalue weighted by molar-refractivity contribution is 5.87. The quantitative estimate of drug-likeness (QED) is 0.847. The van der Waals surface area contributed by atoms with Gasteiger partial charge in [0.1, 0.15) is 18.9 Å². The van der Waals surface area contributed by atoms with Crippen LogP contribution >= 0.6 is 0 Å². The maximum atomic E-state index is 11.6. The molecular formula is C17H20N2O4. The molecular weight excluding hydrogens is 296 g/mol. The van der Waals surface area contributed by atoms with Crippen LogP contribution in [0.5, 0.6) is 0 Å². The lowest BCUT2D eigenvalue weighted by atomic mass is 10.0. The molecule has 1 aliphatic carbocycles. The van der Waals surface area contributed by atoms with E-state index < -0.39 is 12.1 Å². The van der Waals surface area contributed by atoms with E-state index in [2.05, 4.69) is 10.3 Å². The number of hydrogen-bond acceptors (Lipinski definition) is 5. The minimum absolute atomic E-state index is 0.181. The Morgan fingerprint density at radius 2 is 2.00 bits per heavy atom. The van der Waals surface area contributed by atoms with E-state index >= 15 is 0 Å². The van der Waals surface area contributed by atoms with E-state index in [0.717, 1.165) is 17.7 Å². The van der Waals surface area contributed by atoms with Crippen LogP contribution < -0.4 is 5.32 Å². The van der Waals surface area contributed by atoms with E-state index in [1.54, 1.807) is 7.05 Å². The summed E-state index contributed by atoms with van der Waals surface area (Å²) >= 11 is 0. The average molecular weight is 316 g/mol. The van der Waals surface area contributed by atoms with E-state index in [0.29, 0.717) is 18.6 Å². The lowest BCUT2D eigenvalue weighted by Crippen LogP contribution is -2.31. The molecule has 0 unspecified atom stereocenters. The number of ether oxygens (including phenoxy) is 2. The van der Waals surface area contributed by atoms with Gasteiger partial charge in [0.05, 0.1) is 0 Å². The van der Waals surface area contributed by atoms with E-state index in [1.165, 1.54) is 0 Å². The second kappa shape index (κ2) is 8.73. The molecule has 0 saturated heterocycles. The number of carbonyl (C=O) groups excluding carboxylic acids is 2. The summed E-state index contributed by atoms with van der Waals surface area (Å²) in [5.74, 6) is 0.0939. The molecule has 1 N–H and O–H groups in total. The Bertz CT molecular complexity index is 608. The van der Waals surface area contributed by atoms with Crippen molar-refractivity contribution in [3.8, 4) is 0 Å². The number of esters is 1. The first-order chi connectivity index (χ1) is 11.2. The predicted octanol–water partition coefficient (Wildman–Crippen LogP) is 2.59. The third kappa shape index (κ3) is 5.94. The molecule has 0 spiro atoms. The number of benzene rings is 1. The molecule has 0 saturated carbocycles. The minimum Gasteiger partial charge on any atom is -0.460 e. The second-order valence-electron chi connectivity index (χ2n) is 5.05. The van der Waals surface area contributed by atoms with Crippen molar-refractivity contribution in [1.29, 1.82) is 0 Å². The molecule has 0 heterocycles. The zero-order valence-electron chi connectivity index (χ0n) is 13.1. The summed E-state index contributed by atoms with van der Waals surface area (Å²) in [5.41, 5.74) is 1.98. The van der Waals surface area contributed by atoms with E-state index in [-0.39, 0.29) is 13.2 Å². The van der Waals surface area contributed by atoms with Gasteiger partial charge in [-0.2, -0.15) is 0 Å². The van der Waals surface area contributed by atoms with Gasteiger partial charge in [0.15, 0.2) is 0 Å². The van der Waals surface area contributed by atoms with Crippen LogP contribution in [0, 0.1) is 0 Å². The van der Waals surface area contributed by atoms with Gasteiger partial charge < -0.3 is 14.8 Å². The maximum Gasteiger partial charge on any atom is 0.412 e. The fourth-order valence-electron chi connectivity index (χ4n) is 2.09.